The van der Waals surface area contributed by atoms with E-state index in [1.54, 1.807) is 62.1 Å². The van der Waals surface area contributed by atoms with Crippen molar-refractivity contribution in [1.29, 1.82) is 0 Å². The Labute approximate surface area is 213 Å². The Bertz CT molecular complexity index is 1080. The van der Waals surface area contributed by atoms with E-state index in [4.69, 9.17) is 9.47 Å². The molecule has 1 aliphatic rings. The summed E-state index contributed by atoms with van der Waals surface area (Å²) in [7, 11) is 0. The van der Waals surface area contributed by atoms with Gasteiger partial charge in [0.15, 0.2) is 0 Å². The fraction of sp³-hybridized carbons (Fsp3) is 0.464. The SMILES string of the molecule is CC(C)(C)OC(=O)Nc1ccccc1NC(=O)c1ccc(C2CCN(C(=O)OC(C)(C)C)CC2)cc1. The number of carbonyl (C=O) groups is 3. The molecule has 1 aliphatic heterocycles. The van der Waals surface area contributed by atoms with Gasteiger partial charge in [-0.2, -0.15) is 0 Å². The lowest BCUT2D eigenvalue weighted by Crippen LogP contribution is -2.41. The van der Waals surface area contributed by atoms with Crippen LogP contribution in [0, 0.1) is 0 Å². The zero-order valence-corrected chi connectivity index (χ0v) is 22.0. The first kappa shape index (κ1) is 27.0. The van der Waals surface area contributed by atoms with Crippen molar-refractivity contribution < 1.29 is 23.9 Å². The van der Waals surface area contributed by atoms with E-state index in [9.17, 15) is 14.4 Å². The topological polar surface area (TPSA) is 97.0 Å². The summed E-state index contributed by atoms with van der Waals surface area (Å²) in [6.45, 7) is 12.2. The van der Waals surface area contributed by atoms with Crippen molar-refractivity contribution in [1.82, 2.24) is 4.90 Å². The van der Waals surface area contributed by atoms with Crippen LogP contribution in [-0.4, -0.2) is 47.3 Å². The predicted molar refractivity (Wildman–Crippen MR) is 140 cm³/mol. The van der Waals surface area contributed by atoms with Gasteiger partial charge in [0.25, 0.3) is 5.91 Å². The maximum Gasteiger partial charge on any atom is 0.412 e. The number of hydrogen-bond acceptors (Lipinski definition) is 5. The lowest BCUT2D eigenvalue weighted by molar-refractivity contribution is 0.0204. The number of nitrogens with zero attached hydrogens (tertiary/aromatic N) is 1. The van der Waals surface area contributed by atoms with Crippen molar-refractivity contribution in [2.75, 3.05) is 23.7 Å². The zero-order valence-electron chi connectivity index (χ0n) is 22.0. The molecular weight excluding hydrogens is 458 g/mol. The van der Waals surface area contributed by atoms with Crippen molar-refractivity contribution in [3.8, 4) is 0 Å². The molecule has 0 radical (unpaired) electrons. The Hall–Kier alpha value is -3.55. The van der Waals surface area contributed by atoms with E-state index in [2.05, 4.69) is 10.6 Å². The smallest absolute Gasteiger partial charge is 0.412 e. The molecule has 0 unspecified atom stereocenters. The lowest BCUT2D eigenvalue weighted by Gasteiger charge is -2.33. The van der Waals surface area contributed by atoms with Gasteiger partial charge in [-0.15, -0.1) is 0 Å². The van der Waals surface area contributed by atoms with Gasteiger partial charge in [-0.25, -0.2) is 9.59 Å². The molecule has 0 spiro atoms. The third-order valence-corrected chi connectivity index (χ3v) is 5.60. The van der Waals surface area contributed by atoms with Gasteiger partial charge in [0.1, 0.15) is 11.2 Å². The summed E-state index contributed by atoms with van der Waals surface area (Å²) in [6, 6.07) is 14.5. The second-order valence-corrected chi connectivity index (χ2v) is 11.0. The van der Waals surface area contributed by atoms with E-state index in [-0.39, 0.29) is 12.0 Å². The third kappa shape index (κ3) is 8.00. The van der Waals surface area contributed by atoms with Crippen LogP contribution in [0.15, 0.2) is 48.5 Å². The first-order valence-electron chi connectivity index (χ1n) is 12.3. The molecule has 1 heterocycles. The van der Waals surface area contributed by atoms with Crippen LogP contribution in [0.25, 0.3) is 0 Å². The van der Waals surface area contributed by atoms with Crippen LogP contribution < -0.4 is 10.6 Å². The minimum atomic E-state index is -0.629. The number of ether oxygens (including phenoxy) is 2. The summed E-state index contributed by atoms with van der Waals surface area (Å²) in [6.07, 6.45) is 0.823. The predicted octanol–water partition coefficient (Wildman–Crippen LogP) is 6.40. The second kappa shape index (κ2) is 11.0. The Morgan fingerprint density at radius 3 is 1.83 bits per heavy atom. The first-order valence-corrected chi connectivity index (χ1v) is 12.3. The van der Waals surface area contributed by atoms with Crippen LogP contribution in [0.4, 0.5) is 21.0 Å². The lowest BCUT2D eigenvalue weighted by atomic mass is 9.89. The molecule has 1 saturated heterocycles. The Morgan fingerprint density at radius 1 is 0.778 bits per heavy atom. The number of piperidine rings is 1. The highest BCUT2D eigenvalue weighted by Crippen LogP contribution is 2.29. The number of amides is 3. The van der Waals surface area contributed by atoms with E-state index >= 15 is 0 Å². The average molecular weight is 496 g/mol. The molecule has 194 valence electrons. The van der Waals surface area contributed by atoms with Crippen LogP contribution in [0.1, 0.15) is 76.2 Å². The fourth-order valence-electron chi connectivity index (χ4n) is 3.94. The number of anilines is 2. The molecule has 0 bridgehead atoms. The Kier molecular flexibility index (Phi) is 8.28. The molecule has 8 heteroatoms. The number of benzene rings is 2. The molecule has 0 saturated carbocycles. The number of nitrogens with one attached hydrogen (secondary N) is 2. The molecule has 1 fully saturated rings. The summed E-state index contributed by atoms with van der Waals surface area (Å²) in [5.74, 6) is 0.0410. The maximum absolute atomic E-state index is 12.9. The summed E-state index contributed by atoms with van der Waals surface area (Å²) < 4.78 is 10.8. The summed E-state index contributed by atoms with van der Waals surface area (Å²) in [5.41, 5.74) is 1.45. The van der Waals surface area contributed by atoms with Crippen LogP contribution in [0.2, 0.25) is 0 Å². The highest BCUT2D eigenvalue weighted by molar-refractivity contribution is 6.06. The van der Waals surface area contributed by atoms with E-state index in [0.29, 0.717) is 35.9 Å². The van der Waals surface area contributed by atoms with E-state index in [0.717, 1.165) is 18.4 Å². The van der Waals surface area contributed by atoms with Crippen molar-refractivity contribution in [2.24, 2.45) is 0 Å². The highest BCUT2D eigenvalue weighted by atomic mass is 16.6. The minimum Gasteiger partial charge on any atom is -0.444 e. The van der Waals surface area contributed by atoms with Gasteiger partial charge in [0.2, 0.25) is 0 Å². The van der Waals surface area contributed by atoms with Gasteiger partial charge < -0.3 is 19.7 Å². The number of likely N-dealkylation sites (tertiary alicyclic amines) is 1. The molecule has 8 nitrogen and oxygen atoms in total. The van der Waals surface area contributed by atoms with Crippen LogP contribution in [0.3, 0.4) is 0 Å². The molecule has 2 aromatic carbocycles. The van der Waals surface area contributed by atoms with Gasteiger partial charge in [0.05, 0.1) is 11.4 Å². The largest absolute Gasteiger partial charge is 0.444 e. The van der Waals surface area contributed by atoms with Gasteiger partial charge in [-0.05, 0) is 90.1 Å². The van der Waals surface area contributed by atoms with E-state index in [1.807, 2.05) is 32.9 Å². The molecule has 0 aromatic heterocycles. The average Bonchev–Trinajstić information content (AvgIpc) is 2.78. The monoisotopic (exact) mass is 495 g/mol. The van der Waals surface area contributed by atoms with Crippen molar-refractivity contribution in [2.45, 2.75) is 71.5 Å². The first-order chi connectivity index (χ1) is 16.8. The number of carbonyl (C=O) groups excluding carboxylic acids is 3. The molecule has 3 amide bonds. The van der Waals surface area contributed by atoms with E-state index < -0.39 is 17.3 Å². The van der Waals surface area contributed by atoms with E-state index in [1.165, 1.54) is 0 Å². The van der Waals surface area contributed by atoms with Crippen LogP contribution in [-0.2, 0) is 9.47 Å². The molecule has 2 aromatic rings. The third-order valence-electron chi connectivity index (χ3n) is 5.60. The van der Waals surface area contributed by atoms with Crippen molar-refractivity contribution in [3.63, 3.8) is 0 Å². The van der Waals surface area contributed by atoms with Crippen molar-refractivity contribution in [3.05, 3.63) is 59.7 Å². The van der Waals surface area contributed by atoms with Gasteiger partial charge in [0, 0.05) is 18.7 Å². The van der Waals surface area contributed by atoms with Gasteiger partial charge in [-0.3, -0.25) is 10.1 Å². The Balaban J connectivity index is 1.58. The molecule has 36 heavy (non-hydrogen) atoms. The fourth-order valence-corrected chi connectivity index (χ4v) is 3.94. The van der Waals surface area contributed by atoms with Gasteiger partial charge in [-0.1, -0.05) is 24.3 Å². The maximum atomic E-state index is 12.9. The Morgan fingerprint density at radius 2 is 1.31 bits per heavy atom. The standard InChI is InChI=1S/C28H37N3O5/c1-27(2,3)35-25(33)30-23-10-8-7-9-22(23)29-24(32)21-13-11-19(12-14-21)20-15-17-31(18-16-20)26(34)36-28(4,5)6/h7-14,20H,15-18H2,1-6H3,(H,29,32)(H,30,33). The van der Waals surface area contributed by atoms with Crippen LogP contribution >= 0.6 is 0 Å². The second-order valence-electron chi connectivity index (χ2n) is 11.0. The quantitative estimate of drug-likeness (QED) is 0.511. The molecule has 3 rings (SSSR count). The van der Waals surface area contributed by atoms with Gasteiger partial charge >= 0.3 is 12.2 Å². The number of para-hydroxylation sites is 2. The number of hydrogen-bond donors (Lipinski definition) is 2. The zero-order chi connectivity index (χ0) is 26.5. The van der Waals surface area contributed by atoms with Crippen LogP contribution in [0.5, 0.6) is 0 Å². The molecular formula is C28H37N3O5. The summed E-state index contributed by atoms with van der Waals surface area (Å²) in [5, 5.41) is 5.55. The normalized spacial score (nSPS) is 14.7. The molecule has 0 atom stereocenters. The minimum absolute atomic E-state index is 0.269. The molecule has 2 N–H and O–H groups in total. The highest BCUT2D eigenvalue weighted by Gasteiger charge is 2.27. The summed E-state index contributed by atoms with van der Waals surface area (Å²) >= 11 is 0. The van der Waals surface area contributed by atoms with Crippen molar-refractivity contribution >= 4 is 29.5 Å². The molecule has 0 aliphatic carbocycles. The number of rotatable bonds is 4. The summed E-state index contributed by atoms with van der Waals surface area (Å²) in [4.78, 5) is 39.1.